The summed E-state index contributed by atoms with van der Waals surface area (Å²) in [5, 5.41) is 0.679. The van der Waals surface area contributed by atoms with Crippen molar-refractivity contribution in [3.8, 4) is 0 Å². The first-order valence-corrected chi connectivity index (χ1v) is 11.1. The van der Waals surface area contributed by atoms with E-state index >= 15 is 0 Å². The molecule has 2 fully saturated rings. The largest absolute Gasteiger partial charge is 0.441 e. The molecule has 2 saturated heterocycles. The number of hydrogen-bond donors (Lipinski definition) is 0. The second-order valence-electron chi connectivity index (χ2n) is 9.44. The number of carbonyl (C=O) groups excluding carboxylic acids is 2. The van der Waals surface area contributed by atoms with Crippen LogP contribution in [0.5, 0.6) is 0 Å². The molecular formula is C24H33ClN2O3. The van der Waals surface area contributed by atoms with Gasteiger partial charge in [0.1, 0.15) is 5.60 Å². The molecular weight excluding hydrogens is 400 g/mol. The summed E-state index contributed by atoms with van der Waals surface area (Å²) in [6.45, 7) is 12.8. The topological polar surface area (TPSA) is 49.9 Å². The Kier molecular flexibility index (Phi) is 6.51. The van der Waals surface area contributed by atoms with Crippen LogP contribution in [0.25, 0.3) is 0 Å². The van der Waals surface area contributed by atoms with E-state index in [1.807, 2.05) is 56.0 Å². The first-order chi connectivity index (χ1) is 14.1. The Balaban J connectivity index is 1.93. The second-order valence-corrected chi connectivity index (χ2v) is 9.88. The summed E-state index contributed by atoms with van der Waals surface area (Å²) in [6, 6.07) is 7.62. The Labute approximate surface area is 185 Å². The summed E-state index contributed by atoms with van der Waals surface area (Å²) in [4.78, 5) is 29.9. The lowest BCUT2D eigenvalue weighted by atomic mass is 9.74. The minimum absolute atomic E-state index is 0.0377. The summed E-state index contributed by atoms with van der Waals surface area (Å²) in [5.41, 5.74) is 0.105. The Morgan fingerprint density at radius 3 is 2.47 bits per heavy atom. The van der Waals surface area contributed by atoms with E-state index in [4.69, 9.17) is 16.3 Å². The van der Waals surface area contributed by atoms with Crippen molar-refractivity contribution in [2.45, 2.75) is 71.1 Å². The Hall–Kier alpha value is -2.01. The van der Waals surface area contributed by atoms with Gasteiger partial charge in [0.25, 0.3) is 0 Å². The van der Waals surface area contributed by atoms with Crippen LogP contribution in [-0.4, -0.2) is 46.5 Å². The fourth-order valence-corrected chi connectivity index (χ4v) is 4.89. The van der Waals surface area contributed by atoms with Gasteiger partial charge in [-0.1, -0.05) is 43.7 Å². The van der Waals surface area contributed by atoms with Gasteiger partial charge in [0.2, 0.25) is 5.91 Å². The molecule has 6 heteroatoms. The van der Waals surface area contributed by atoms with Crippen LogP contribution in [0.15, 0.2) is 36.9 Å². The average Bonchev–Trinajstić information content (AvgIpc) is 2.95. The molecule has 164 valence electrons. The van der Waals surface area contributed by atoms with Gasteiger partial charge in [-0.15, -0.1) is 6.58 Å². The minimum atomic E-state index is -0.506. The maximum atomic E-state index is 13.8. The SMILES string of the molecule is C=CC[C@@]1(C)CCC(c2ccc(Cl)cc2)N(C(CC)CN2CC(C)(C)OC2=O)C1=O. The summed E-state index contributed by atoms with van der Waals surface area (Å²) in [6.07, 6.45) is 4.59. The molecule has 2 heterocycles. The first-order valence-electron chi connectivity index (χ1n) is 10.8. The number of halogens is 1. The number of ether oxygens (including phenoxy) is 1. The third-order valence-electron chi connectivity index (χ3n) is 6.40. The highest BCUT2D eigenvalue weighted by molar-refractivity contribution is 6.30. The summed E-state index contributed by atoms with van der Waals surface area (Å²) in [7, 11) is 0. The van der Waals surface area contributed by atoms with Gasteiger partial charge in [0.05, 0.1) is 18.0 Å². The lowest BCUT2D eigenvalue weighted by molar-refractivity contribution is -0.153. The third-order valence-corrected chi connectivity index (χ3v) is 6.65. The van der Waals surface area contributed by atoms with Crippen LogP contribution in [0, 0.1) is 5.41 Å². The van der Waals surface area contributed by atoms with Crippen molar-refractivity contribution in [1.29, 1.82) is 0 Å². The van der Waals surface area contributed by atoms with Crippen LogP contribution >= 0.6 is 11.6 Å². The standard InChI is InChI=1S/C24H33ClN2O3/c1-6-13-24(5)14-12-20(17-8-10-18(25)11-9-17)27(21(24)28)19(7-2)15-26-16-23(3,4)30-22(26)29/h6,8-11,19-20H,1,7,12-16H2,2-5H3/t19?,20?,24-/m0/s1. The number of cyclic esters (lactones) is 1. The Morgan fingerprint density at radius 2 is 1.93 bits per heavy atom. The highest BCUT2D eigenvalue weighted by atomic mass is 35.5. The quantitative estimate of drug-likeness (QED) is 0.527. The van der Waals surface area contributed by atoms with Gasteiger partial charge in [-0.25, -0.2) is 4.79 Å². The molecule has 2 aliphatic heterocycles. The highest BCUT2D eigenvalue weighted by Crippen LogP contribution is 2.44. The van der Waals surface area contributed by atoms with Gasteiger partial charge in [-0.3, -0.25) is 4.79 Å². The lowest BCUT2D eigenvalue weighted by Gasteiger charge is -2.48. The summed E-state index contributed by atoms with van der Waals surface area (Å²) in [5.74, 6) is 0.132. The van der Waals surface area contributed by atoms with E-state index in [2.05, 4.69) is 13.5 Å². The molecule has 2 unspecified atom stereocenters. The number of amides is 2. The molecule has 30 heavy (non-hydrogen) atoms. The average molecular weight is 433 g/mol. The first kappa shape index (κ1) is 22.7. The van der Waals surface area contributed by atoms with Crippen molar-refractivity contribution >= 4 is 23.6 Å². The lowest BCUT2D eigenvalue weighted by Crippen LogP contribution is -2.55. The van der Waals surface area contributed by atoms with E-state index < -0.39 is 11.0 Å². The van der Waals surface area contributed by atoms with Crippen LogP contribution in [-0.2, 0) is 9.53 Å². The predicted octanol–water partition coefficient (Wildman–Crippen LogP) is 5.60. The monoisotopic (exact) mass is 432 g/mol. The van der Waals surface area contributed by atoms with Crippen LogP contribution in [0.1, 0.15) is 65.0 Å². The zero-order valence-corrected chi connectivity index (χ0v) is 19.2. The molecule has 0 saturated carbocycles. The van der Waals surface area contributed by atoms with Crippen molar-refractivity contribution in [2.75, 3.05) is 13.1 Å². The van der Waals surface area contributed by atoms with Crippen molar-refractivity contribution in [3.63, 3.8) is 0 Å². The Bertz CT molecular complexity index is 807. The zero-order valence-electron chi connectivity index (χ0n) is 18.5. The van der Waals surface area contributed by atoms with Crippen molar-refractivity contribution in [3.05, 3.63) is 47.5 Å². The van der Waals surface area contributed by atoms with E-state index in [-0.39, 0.29) is 24.1 Å². The highest BCUT2D eigenvalue weighted by Gasteiger charge is 2.47. The molecule has 2 aliphatic rings. The van der Waals surface area contributed by atoms with Gasteiger partial charge < -0.3 is 14.5 Å². The molecule has 1 aromatic carbocycles. The zero-order chi connectivity index (χ0) is 22.1. The molecule has 1 aromatic rings. The number of likely N-dealkylation sites (tertiary alicyclic amines) is 1. The summed E-state index contributed by atoms with van der Waals surface area (Å²) < 4.78 is 5.48. The van der Waals surface area contributed by atoms with Gasteiger partial charge in [-0.05, 0) is 57.2 Å². The normalized spacial score (nSPS) is 27.2. The number of allylic oxidation sites excluding steroid dienone is 1. The third kappa shape index (κ3) is 4.51. The molecule has 2 amide bonds. The van der Waals surface area contributed by atoms with Gasteiger partial charge >= 0.3 is 6.09 Å². The number of rotatable bonds is 7. The molecule has 0 N–H and O–H groups in total. The van der Waals surface area contributed by atoms with Gasteiger partial charge in [0, 0.05) is 17.6 Å². The van der Waals surface area contributed by atoms with E-state index in [1.54, 1.807) is 4.90 Å². The van der Waals surface area contributed by atoms with Crippen LogP contribution < -0.4 is 0 Å². The molecule has 3 rings (SSSR count). The molecule has 0 aromatic heterocycles. The number of carbonyl (C=O) groups is 2. The van der Waals surface area contributed by atoms with Crippen LogP contribution in [0.2, 0.25) is 5.02 Å². The molecule has 3 atom stereocenters. The fraction of sp³-hybridized carbons (Fsp3) is 0.583. The molecule has 0 aliphatic carbocycles. The van der Waals surface area contributed by atoms with E-state index in [9.17, 15) is 9.59 Å². The maximum absolute atomic E-state index is 13.8. The van der Waals surface area contributed by atoms with Gasteiger partial charge in [0.15, 0.2) is 0 Å². The molecule has 0 radical (unpaired) electrons. The van der Waals surface area contributed by atoms with Gasteiger partial charge in [-0.2, -0.15) is 0 Å². The molecule has 0 bridgehead atoms. The number of benzene rings is 1. The van der Waals surface area contributed by atoms with E-state index in [0.717, 1.165) is 24.8 Å². The maximum Gasteiger partial charge on any atom is 0.410 e. The predicted molar refractivity (Wildman–Crippen MR) is 119 cm³/mol. The van der Waals surface area contributed by atoms with Crippen LogP contribution in [0.3, 0.4) is 0 Å². The van der Waals surface area contributed by atoms with Crippen molar-refractivity contribution < 1.29 is 14.3 Å². The summed E-state index contributed by atoms with van der Waals surface area (Å²) >= 11 is 6.10. The number of piperidine rings is 1. The van der Waals surface area contributed by atoms with E-state index in [1.165, 1.54) is 0 Å². The smallest absolute Gasteiger partial charge is 0.410 e. The Morgan fingerprint density at radius 1 is 1.27 bits per heavy atom. The minimum Gasteiger partial charge on any atom is -0.441 e. The number of hydrogen-bond acceptors (Lipinski definition) is 3. The molecule has 5 nitrogen and oxygen atoms in total. The van der Waals surface area contributed by atoms with Crippen molar-refractivity contribution in [2.24, 2.45) is 5.41 Å². The van der Waals surface area contributed by atoms with E-state index in [0.29, 0.717) is 24.5 Å². The van der Waals surface area contributed by atoms with Crippen molar-refractivity contribution in [1.82, 2.24) is 9.80 Å². The second kappa shape index (κ2) is 8.62. The number of nitrogens with zero attached hydrogens (tertiary/aromatic N) is 2. The molecule has 0 spiro atoms. The van der Waals surface area contributed by atoms with Crippen LogP contribution in [0.4, 0.5) is 4.79 Å². The fourth-order valence-electron chi connectivity index (χ4n) is 4.76.